The van der Waals surface area contributed by atoms with Crippen molar-refractivity contribution in [1.29, 1.82) is 0 Å². The van der Waals surface area contributed by atoms with Gasteiger partial charge in [0.2, 0.25) is 0 Å². The van der Waals surface area contributed by atoms with Crippen LogP contribution >= 0.6 is 0 Å². The smallest absolute Gasteiger partial charge is 0.307 e. The number of hydrogen-bond donors (Lipinski definition) is 1. The van der Waals surface area contributed by atoms with Crippen LogP contribution in [0.1, 0.15) is 57.7 Å². The Kier molecular flexibility index (Phi) is 6.12. The van der Waals surface area contributed by atoms with Gasteiger partial charge in [-0.25, -0.2) is 0 Å². The van der Waals surface area contributed by atoms with E-state index < -0.39 is 5.97 Å². The van der Waals surface area contributed by atoms with Gasteiger partial charge in [0.15, 0.2) is 0 Å². The molecule has 0 aliphatic heterocycles. The maximum atomic E-state index is 10.7. The van der Waals surface area contributed by atoms with Crippen molar-refractivity contribution >= 4 is 5.97 Å². The second-order valence-corrected chi connectivity index (χ2v) is 8.82. The molecule has 2 aromatic carbocycles. The lowest BCUT2D eigenvalue weighted by atomic mass is 9.72. The normalized spacial score (nSPS) is 12.0. The molecule has 2 aromatic rings. The van der Waals surface area contributed by atoms with Gasteiger partial charge in [0, 0.05) is 0 Å². The predicted octanol–water partition coefficient (Wildman–Crippen LogP) is 5.61. The summed E-state index contributed by atoms with van der Waals surface area (Å²) < 4.78 is 5.87. The highest BCUT2D eigenvalue weighted by molar-refractivity contribution is 5.70. The van der Waals surface area contributed by atoms with E-state index >= 15 is 0 Å². The van der Waals surface area contributed by atoms with Crippen LogP contribution in [0.25, 0.3) is 0 Å². The molecule has 0 aliphatic rings. The number of carboxylic acids is 1. The monoisotopic (exact) mass is 354 g/mol. The van der Waals surface area contributed by atoms with Crippen molar-refractivity contribution < 1.29 is 14.6 Å². The fraction of sp³-hybridized carbons (Fsp3) is 0.435. The number of carboxylic acid groups (broad SMARTS) is 1. The summed E-state index contributed by atoms with van der Waals surface area (Å²) in [5, 5.41) is 8.81. The highest BCUT2D eigenvalue weighted by atomic mass is 16.5. The Balaban J connectivity index is 1.96. The summed E-state index contributed by atoms with van der Waals surface area (Å²) in [6, 6.07) is 15.9. The van der Waals surface area contributed by atoms with Crippen LogP contribution < -0.4 is 4.74 Å². The van der Waals surface area contributed by atoms with Crippen molar-refractivity contribution in [2.24, 2.45) is 5.41 Å². The quantitative estimate of drug-likeness (QED) is 0.703. The van der Waals surface area contributed by atoms with Gasteiger partial charge in [0.1, 0.15) is 12.4 Å². The molecular formula is C23H30O3. The number of ether oxygens (including phenoxy) is 1. The van der Waals surface area contributed by atoms with E-state index in [4.69, 9.17) is 9.84 Å². The lowest BCUT2D eigenvalue weighted by Gasteiger charge is -2.33. The molecule has 0 radical (unpaired) electrons. The van der Waals surface area contributed by atoms with E-state index in [0.29, 0.717) is 6.61 Å². The van der Waals surface area contributed by atoms with Gasteiger partial charge in [0.25, 0.3) is 0 Å². The largest absolute Gasteiger partial charge is 0.489 e. The van der Waals surface area contributed by atoms with Gasteiger partial charge < -0.3 is 9.84 Å². The Bertz CT molecular complexity index is 720. The SMILES string of the molecule is CC(C)(C)CC(C)(C)c1ccc(OCc2ccc(CC(=O)O)cc2)cc1. The standard InChI is InChI=1S/C23H30O3/c1-22(2,3)16-23(4,5)19-10-12-20(13-11-19)26-15-18-8-6-17(7-9-18)14-21(24)25/h6-13H,14-16H2,1-5H3,(H,24,25). The number of carbonyl (C=O) groups is 1. The minimum atomic E-state index is -0.816. The summed E-state index contributed by atoms with van der Waals surface area (Å²) in [5.74, 6) is 0.0263. The molecule has 1 N–H and O–H groups in total. The third-order valence-electron chi connectivity index (χ3n) is 4.39. The first-order chi connectivity index (χ1) is 12.0. The minimum absolute atomic E-state index is 0.0486. The lowest BCUT2D eigenvalue weighted by molar-refractivity contribution is -0.136. The molecule has 26 heavy (non-hydrogen) atoms. The van der Waals surface area contributed by atoms with Gasteiger partial charge >= 0.3 is 5.97 Å². The first-order valence-electron chi connectivity index (χ1n) is 9.08. The Hall–Kier alpha value is -2.29. The molecule has 0 fully saturated rings. The Morgan fingerprint density at radius 3 is 1.92 bits per heavy atom. The maximum Gasteiger partial charge on any atom is 0.307 e. The summed E-state index contributed by atoms with van der Waals surface area (Å²) in [6.07, 6.45) is 1.16. The van der Waals surface area contributed by atoms with Crippen molar-refractivity contribution in [1.82, 2.24) is 0 Å². The van der Waals surface area contributed by atoms with E-state index in [9.17, 15) is 4.79 Å². The molecule has 0 atom stereocenters. The first kappa shape index (κ1) is 20.0. The van der Waals surface area contributed by atoms with E-state index in [2.05, 4.69) is 46.8 Å². The number of rotatable bonds is 7. The summed E-state index contributed by atoms with van der Waals surface area (Å²) in [5.41, 5.74) is 3.54. The topological polar surface area (TPSA) is 46.5 Å². The van der Waals surface area contributed by atoms with Crippen molar-refractivity contribution in [3.63, 3.8) is 0 Å². The predicted molar refractivity (Wildman–Crippen MR) is 106 cm³/mol. The Morgan fingerprint density at radius 1 is 0.885 bits per heavy atom. The summed E-state index contributed by atoms with van der Waals surface area (Å²) >= 11 is 0. The third kappa shape index (κ3) is 6.21. The van der Waals surface area contributed by atoms with Crippen molar-refractivity contribution in [3.05, 3.63) is 65.2 Å². The van der Waals surface area contributed by atoms with E-state index in [1.807, 2.05) is 36.4 Å². The molecule has 3 heteroatoms. The molecule has 0 amide bonds. The minimum Gasteiger partial charge on any atom is -0.489 e. The molecule has 2 rings (SSSR count). The van der Waals surface area contributed by atoms with Crippen molar-refractivity contribution in [2.45, 2.75) is 59.5 Å². The number of benzene rings is 2. The van der Waals surface area contributed by atoms with Gasteiger partial charge in [-0.15, -0.1) is 0 Å². The molecule has 3 nitrogen and oxygen atoms in total. The molecule has 0 spiro atoms. The van der Waals surface area contributed by atoms with Gasteiger partial charge in [-0.2, -0.15) is 0 Å². The molecule has 0 aliphatic carbocycles. The first-order valence-corrected chi connectivity index (χ1v) is 9.08. The van der Waals surface area contributed by atoms with Crippen LogP contribution in [0.5, 0.6) is 5.75 Å². The second kappa shape index (κ2) is 7.94. The molecule has 0 bridgehead atoms. The van der Waals surface area contributed by atoms with Gasteiger partial charge in [-0.3, -0.25) is 4.79 Å². The fourth-order valence-corrected chi connectivity index (χ4v) is 3.52. The number of aliphatic carboxylic acids is 1. The Morgan fingerprint density at radius 2 is 1.42 bits per heavy atom. The van der Waals surface area contributed by atoms with Crippen molar-refractivity contribution in [2.75, 3.05) is 0 Å². The van der Waals surface area contributed by atoms with E-state index in [0.717, 1.165) is 23.3 Å². The van der Waals surface area contributed by atoms with Crippen LogP contribution in [0.2, 0.25) is 0 Å². The third-order valence-corrected chi connectivity index (χ3v) is 4.39. The highest BCUT2D eigenvalue weighted by Crippen LogP contribution is 2.36. The summed E-state index contributed by atoms with van der Waals surface area (Å²) in [7, 11) is 0. The van der Waals surface area contributed by atoms with Gasteiger partial charge in [-0.05, 0) is 46.1 Å². The molecule has 0 heterocycles. The van der Waals surface area contributed by atoms with E-state index in [1.54, 1.807) is 0 Å². The van der Waals surface area contributed by atoms with Gasteiger partial charge in [0.05, 0.1) is 6.42 Å². The molecule has 0 saturated carbocycles. The molecular weight excluding hydrogens is 324 g/mol. The average molecular weight is 354 g/mol. The zero-order valence-corrected chi connectivity index (χ0v) is 16.5. The van der Waals surface area contributed by atoms with Crippen LogP contribution in [0, 0.1) is 5.41 Å². The molecule has 0 saturated heterocycles. The molecule has 0 aromatic heterocycles. The van der Waals surface area contributed by atoms with Crippen LogP contribution in [-0.2, 0) is 23.2 Å². The van der Waals surface area contributed by atoms with Crippen molar-refractivity contribution in [3.8, 4) is 5.75 Å². The van der Waals surface area contributed by atoms with Crippen LogP contribution in [0.15, 0.2) is 48.5 Å². The summed E-state index contributed by atoms with van der Waals surface area (Å²) in [6.45, 7) is 11.9. The fourth-order valence-electron chi connectivity index (χ4n) is 3.52. The summed E-state index contributed by atoms with van der Waals surface area (Å²) in [4.78, 5) is 10.7. The number of hydrogen-bond acceptors (Lipinski definition) is 2. The molecule has 140 valence electrons. The zero-order chi connectivity index (χ0) is 19.4. The van der Waals surface area contributed by atoms with Crippen LogP contribution in [0.3, 0.4) is 0 Å². The second-order valence-electron chi connectivity index (χ2n) is 8.82. The highest BCUT2D eigenvalue weighted by Gasteiger charge is 2.27. The van der Waals surface area contributed by atoms with Gasteiger partial charge in [-0.1, -0.05) is 71.0 Å². The lowest BCUT2D eigenvalue weighted by Crippen LogP contribution is -2.24. The Labute approximate surface area is 157 Å². The van der Waals surface area contributed by atoms with E-state index in [-0.39, 0.29) is 17.3 Å². The maximum absolute atomic E-state index is 10.7. The zero-order valence-electron chi connectivity index (χ0n) is 16.5. The van der Waals surface area contributed by atoms with Crippen LogP contribution in [0.4, 0.5) is 0 Å². The van der Waals surface area contributed by atoms with Crippen LogP contribution in [-0.4, -0.2) is 11.1 Å². The van der Waals surface area contributed by atoms with E-state index in [1.165, 1.54) is 5.56 Å². The average Bonchev–Trinajstić information content (AvgIpc) is 2.52. The molecule has 0 unspecified atom stereocenters.